The number of amides is 2. The highest BCUT2D eigenvalue weighted by molar-refractivity contribution is 5.94. The highest BCUT2D eigenvalue weighted by Gasteiger charge is 2.33. The van der Waals surface area contributed by atoms with Crippen LogP contribution in [0.2, 0.25) is 0 Å². The highest BCUT2D eigenvalue weighted by atomic mass is 16.5. The summed E-state index contributed by atoms with van der Waals surface area (Å²) in [4.78, 5) is 26.1. The molecule has 25 heavy (non-hydrogen) atoms. The second-order valence-corrected chi connectivity index (χ2v) is 7.76. The molecule has 1 atom stereocenters. The van der Waals surface area contributed by atoms with Gasteiger partial charge in [-0.1, -0.05) is 20.8 Å². The maximum Gasteiger partial charge on any atom is 0.248 e. The van der Waals surface area contributed by atoms with Crippen molar-refractivity contribution in [2.75, 3.05) is 20.2 Å². The molecule has 1 heterocycles. The van der Waals surface area contributed by atoms with Gasteiger partial charge >= 0.3 is 0 Å². The van der Waals surface area contributed by atoms with Crippen molar-refractivity contribution in [3.8, 4) is 5.75 Å². The number of hydrogen-bond acceptors (Lipinski definition) is 4. The van der Waals surface area contributed by atoms with E-state index >= 15 is 0 Å². The molecule has 138 valence electrons. The Morgan fingerprint density at radius 2 is 1.84 bits per heavy atom. The molecule has 0 aromatic heterocycles. The van der Waals surface area contributed by atoms with Gasteiger partial charge in [-0.25, -0.2) is 0 Å². The number of carbonyl (C=O) groups is 2. The highest BCUT2D eigenvalue weighted by Crippen LogP contribution is 2.33. The molecule has 2 rings (SSSR count). The van der Waals surface area contributed by atoms with Gasteiger partial charge in [0.2, 0.25) is 11.8 Å². The Morgan fingerprint density at radius 1 is 1.24 bits per heavy atom. The Labute approximate surface area is 149 Å². The van der Waals surface area contributed by atoms with Crippen LogP contribution in [0.15, 0.2) is 18.2 Å². The lowest BCUT2D eigenvalue weighted by Crippen LogP contribution is -2.52. The average molecular weight is 347 g/mol. The second-order valence-electron chi connectivity index (χ2n) is 7.76. The predicted octanol–water partition coefficient (Wildman–Crippen LogP) is 1.87. The third-order valence-electron chi connectivity index (χ3n) is 4.97. The van der Waals surface area contributed by atoms with Crippen molar-refractivity contribution < 1.29 is 14.3 Å². The maximum absolute atomic E-state index is 12.6. The van der Waals surface area contributed by atoms with Gasteiger partial charge in [0.25, 0.3) is 0 Å². The van der Waals surface area contributed by atoms with Crippen LogP contribution < -0.4 is 16.2 Å². The number of primary amides is 1. The number of ether oxygens (including phenoxy) is 1. The summed E-state index contributed by atoms with van der Waals surface area (Å²) in [5.41, 5.74) is 12.8. The molecule has 1 aliphatic heterocycles. The number of hydrogen-bond donors (Lipinski definition) is 2. The first-order chi connectivity index (χ1) is 11.6. The van der Waals surface area contributed by atoms with E-state index in [1.807, 2.05) is 31.7 Å². The van der Waals surface area contributed by atoms with E-state index in [1.54, 1.807) is 19.2 Å². The Bertz CT molecular complexity index is 644. The minimum atomic E-state index is -0.512. The molecule has 6 heteroatoms. The molecule has 0 bridgehead atoms. The summed E-state index contributed by atoms with van der Waals surface area (Å²) in [5, 5.41) is 0. The standard InChI is InChI=1S/C19H29N3O3/c1-19(2,3)16(20)18(24)22-9-7-12(8-10-22)15-11-13(25-4)5-6-14(15)17(21)23/h5-6,11-12,16H,7-10,20H2,1-4H3,(H2,21,23). The minimum Gasteiger partial charge on any atom is -0.497 e. The minimum absolute atomic E-state index is 0.00767. The van der Waals surface area contributed by atoms with E-state index in [2.05, 4.69) is 0 Å². The SMILES string of the molecule is COc1ccc(C(N)=O)c(C2CCN(C(=O)C(N)C(C)(C)C)CC2)c1. The molecule has 0 spiro atoms. The lowest BCUT2D eigenvalue weighted by molar-refractivity contribution is -0.136. The first kappa shape index (κ1) is 19.2. The van der Waals surface area contributed by atoms with Gasteiger partial charge in [0.1, 0.15) is 5.75 Å². The van der Waals surface area contributed by atoms with Crippen LogP contribution in [0.25, 0.3) is 0 Å². The van der Waals surface area contributed by atoms with Gasteiger partial charge in [-0.15, -0.1) is 0 Å². The van der Waals surface area contributed by atoms with Gasteiger partial charge in [-0.2, -0.15) is 0 Å². The maximum atomic E-state index is 12.6. The van der Waals surface area contributed by atoms with Gasteiger partial charge in [-0.05, 0) is 47.9 Å². The Hall–Kier alpha value is -2.08. The normalized spacial score (nSPS) is 17.2. The van der Waals surface area contributed by atoms with E-state index in [9.17, 15) is 9.59 Å². The van der Waals surface area contributed by atoms with E-state index in [4.69, 9.17) is 16.2 Å². The van der Waals surface area contributed by atoms with Gasteiger partial charge in [0.05, 0.1) is 13.2 Å². The van der Waals surface area contributed by atoms with Crippen molar-refractivity contribution in [2.45, 2.75) is 45.6 Å². The van der Waals surface area contributed by atoms with E-state index in [0.29, 0.717) is 24.4 Å². The molecular formula is C19H29N3O3. The summed E-state index contributed by atoms with van der Waals surface area (Å²) in [6, 6.07) is 4.82. The van der Waals surface area contributed by atoms with Crippen LogP contribution in [0.3, 0.4) is 0 Å². The third kappa shape index (κ3) is 4.31. The fourth-order valence-electron chi connectivity index (χ4n) is 3.21. The Morgan fingerprint density at radius 3 is 2.32 bits per heavy atom. The topological polar surface area (TPSA) is 98.6 Å². The van der Waals surface area contributed by atoms with Crippen LogP contribution >= 0.6 is 0 Å². The van der Waals surface area contributed by atoms with Crippen LogP contribution in [0.1, 0.15) is 55.5 Å². The number of piperidine rings is 1. The van der Waals surface area contributed by atoms with Crippen molar-refractivity contribution in [3.63, 3.8) is 0 Å². The van der Waals surface area contributed by atoms with Crippen LogP contribution in [-0.4, -0.2) is 43.0 Å². The molecule has 0 aliphatic carbocycles. The largest absolute Gasteiger partial charge is 0.497 e. The number of rotatable bonds is 4. The van der Waals surface area contributed by atoms with Crippen LogP contribution in [-0.2, 0) is 4.79 Å². The van der Waals surface area contributed by atoms with Crippen molar-refractivity contribution in [1.82, 2.24) is 4.90 Å². The Kier molecular flexibility index (Phi) is 5.72. The van der Waals surface area contributed by atoms with E-state index < -0.39 is 11.9 Å². The molecule has 4 N–H and O–H groups in total. The third-order valence-corrected chi connectivity index (χ3v) is 4.97. The monoisotopic (exact) mass is 347 g/mol. The summed E-state index contributed by atoms with van der Waals surface area (Å²) in [5.74, 6) is 0.429. The summed E-state index contributed by atoms with van der Waals surface area (Å²) >= 11 is 0. The summed E-state index contributed by atoms with van der Waals surface area (Å²) < 4.78 is 5.28. The number of likely N-dealkylation sites (tertiary alicyclic amines) is 1. The van der Waals surface area contributed by atoms with Crippen molar-refractivity contribution in [1.29, 1.82) is 0 Å². The zero-order valence-corrected chi connectivity index (χ0v) is 15.5. The first-order valence-corrected chi connectivity index (χ1v) is 8.67. The molecule has 1 unspecified atom stereocenters. The Balaban J connectivity index is 2.12. The summed E-state index contributed by atoms with van der Waals surface area (Å²) in [7, 11) is 1.60. The van der Waals surface area contributed by atoms with Crippen molar-refractivity contribution in [2.24, 2.45) is 16.9 Å². The number of nitrogens with two attached hydrogens (primary N) is 2. The molecule has 1 fully saturated rings. The molecule has 0 radical (unpaired) electrons. The van der Waals surface area contributed by atoms with Crippen LogP contribution in [0.4, 0.5) is 0 Å². The first-order valence-electron chi connectivity index (χ1n) is 8.67. The number of nitrogens with zero attached hydrogens (tertiary/aromatic N) is 1. The van der Waals surface area contributed by atoms with Crippen molar-refractivity contribution in [3.05, 3.63) is 29.3 Å². The van der Waals surface area contributed by atoms with E-state index in [0.717, 1.165) is 18.4 Å². The zero-order valence-electron chi connectivity index (χ0n) is 15.5. The molecule has 1 saturated heterocycles. The molecule has 1 aliphatic rings. The van der Waals surface area contributed by atoms with Crippen LogP contribution in [0, 0.1) is 5.41 Å². The molecule has 2 amide bonds. The van der Waals surface area contributed by atoms with Crippen molar-refractivity contribution >= 4 is 11.8 Å². The van der Waals surface area contributed by atoms with Gasteiger partial charge in [0, 0.05) is 18.7 Å². The second kappa shape index (κ2) is 7.44. The molecular weight excluding hydrogens is 318 g/mol. The summed E-state index contributed by atoms with van der Waals surface area (Å²) in [6.45, 7) is 7.17. The fourth-order valence-corrected chi connectivity index (χ4v) is 3.21. The van der Waals surface area contributed by atoms with E-state index in [1.165, 1.54) is 0 Å². The van der Waals surface area contributed by atoms with Gasteiger partial charge in [0.15, 0.2) is 0 Å². The molecule has 0 saturated carbocycles. The molecule has 1 aromatic rings. The zero-order chi connectivity index (χ0) is 18.8. The fraction of sp³-hybridized carbons (Fsp3) is 0.579. The smallest absolute Gasteiger partial charge is 0.248 e. The average Bonchev–Trinajstić information content (AvgIpc) is 2.59. The predicted molar refractivity (Wildman–Crippen MR) is 97.5 cm³/mol. The molecule has 6 nitrogen and oxygen atoms in total. The number of carbonyl (C=O) groups excluding carboxylic acids is 2. The lowest BCUT2D eigenvalue weighted by atomic mass is 9.84. The number of methoxy groups -OCH3 is 1. The quantitative estimate of drug-likeness (QED) is 0.868. The summed E-state index contributed by atoms with van der Waals surface area (Å²) in [6.07, 6.45) is 1.55. The number of benzene rings is 1. The van der Waals surface area contributed by atoms with Crippen LogP contribution in [0.5, 0.6) is 5.75 Å². The lowest BCUT2D eigenvalue weighted by Gasteiger charge is -2.37. The van der Waals surface area contributed by atoms with Gasteiger partial charge in [-0.3, -0.25) is 9.59 Å². The van der Waals surface area contributed by atoms with Gasteiger partial charge < -0.3 is 21.1 Å². The van der Waals surface area contributed by atoms with E-state index in [-0.39, 0.29) is 17.2 Å². The molecule has 1 aromatic carbocycles.